The fourth-order valence-corrected chi connectivity index (χ4v) is 6.94. The van der Waals surface area contributed by atoms with Crippen molar-refractivity contribution in [3.05, 3.63) is 59.6 Å². The number of hydrogen-bond acceptors (Lipinski definition) is 9. The van der Waals surface area contributed by atoms with Crippen LogP contribution in [0.5, 0.6) is 0 Å². The first kappa shape index (κ1) is 35.1. The van der Waals surface area contributed by atoms with E-state index in [4.69, 9.17) is 4.74 Å². The van der Waals surface area contributed by atoms with E-state index in [-0.39, 0.29) is 41.6 Å². The first-order valence-corrected chi connectivity index (χ1v) is 15.8. The Labute approximate surface area is 277 Å². The fourth-order valence-electron chi connectivity index (χ4n) is 6.94. The minimum atomic E-state index is -4.79. The summed E-state index contributed by atoms with van der Waals surface area (Å²) in [6, 6.07) is 5.81. The normalized spacial score (nSPS) is 20.1. The predicted molar refractivity (Wildman–Crippen MR) is 172 cm³/mol. The topological polar surface area (TPSA) is 108 Å². The van der Waals surface area contributed by atoms with E-state index >= 15 is 4.39 Å². The molecule has 2 fully saturated rings. The van der Waals surface area contributed by atoms with E-state index in [1.807, 2.05) is 4.90 Å². The van der Waals surface area contributed by atoms with Crippen LogP contribution in [0.25, 0.3) is 0 Å². The smallest absolute Gasteiger partial charge is 0.383 e. The molecule has 1 atom stereocenters. The van der Waals surface area contributed by atoms with Gasteiger partial charge in [-0.1, -0.05) is 12.6 Å². The maximum atomic E-state index is 15.5. The lowest BCUT2D eigenvalue weighted by atomic mass is 9.84. The number of ether oxygens (including phenoxy) is 1. The number of hydrogen-bond donors (Lipinski definition) is 1. The number of methoxy groups -OCH3 is 1. The third kappa shape index (κ3) is 6.96. The second-order valence-electron chi connectivity index (χ2n) is 12.5. The van der Waals surface area contributed by atoms with Gasteiger partial charge < -0.3 is 24.8 Å². The molecular formula is C33H40F4N8O3. The minimum Gasteiger partial charge on any atom is -0.383 e. The second-order valence-corrected chi connectivity index (χ2v) is 12.5. The van der Waals surface area contributed by atoms with E-state index in [9.17, 15) is 28.0 Å². The van der Waals surface area contributed by atoms with Crippen molar-refractivity contribution in [2.24, 2.45) is 0 Å². The van der Waals surface area contributed by atoms with Gasteiger partial charge in [-0.2, -0.15) is 18.4 Å². The van der Waals surface area contributed by atoms with Crippen molar-refractivity contribution in [2.75, 3.05) is 94.8 Å². The standard InChI is InChI=1S/C33H40F4N8O3/c1-5-28(46)44-20-32(21-44)19-42(12-14-45(32)15-16-48-4)11-13-43-10-9-26(31(47)41(3)27-8-6-7-25(34)29(27)43)40-30-23(18-38)24(33(35,36)37)17-22(2)39-30/h5-8,17,26H,1,9-16,19-21H2,2-4H3,(H,39,40). The van der Waals surface area contributed by atoms with E-state index in [1.165, 1.54) is 37.1 Å². The number of rotatable bonds is 9. The maximum absolute atomic E-state index is 15.5. The highest BCUT2D eigenvalue weighted by molar-refractivity contribution is 6.01. The number of anilines is 3. The molecule has 15 heteroatoms. The molecule has 3 aliphatic heterocycles. The number of nitriles is 1. The number of amides is 2. The Bertz CT molecular complexity index is 1590. The Morgan fingerprint density at radius 2 is 1.96 bits per heavy atom. The lowest BCUT2D eigenvalue weighted by Crippen LogP contribution is -2.77. The molecule has 3 aliphatic rings. The summed E-state index contributed by atoms with van der Waals surface area (Å²) >= 11 is 0. The van der Waals surface area contributed by atoms with Crippen LogP contribution in [0.2, 0.25) is 0 Å². The first-order chi connectivity index (χ1) is 22.8. The number of para-hydroxylation sites is 1. The Hall–Kier alpha value is -4.26. The Morgan fingerprint density at radius 3 is 2.62 bits per heavy atom. The number of alkyl halides is 3. The highest BCUT2D eigenvalue weighted by Crippen LogP contribution is 2.37. The summed E-state index contributed by atoms with van der Waals surface area (Å²) in [6.45, 7) is 10.8. The number of nitrogens with zero attached hydrogens (tertiary/aromatic N) is 7. The molecule has 2 amide bonds. The molecule has 11 nitrogen and oxygen atoms in total. The van der Waals surface area contributed by atoms with Gasteiger partial charge in [-0.3, -0.25) is 19.4 Å². The maximum Gasteiger partial charge on any atom is 0.417 e. The molecular weight excluding hydrogens is 632 g/mol. The van der Waals surface area contributed by atoms with Crippen molar-refractivity contribution >= 4 is 29.0 Å². The van der Waals surface area contributed by atoms with Gasteiger partial charge in [0.05, 0.1) is 29.1 Å². The summed E-state index contributed by atoms with van der Waals surface area (Å²) in [5.74, 6) is -1.44. The molecule has 0 bridgehead atoms. The van der Waals surface area contributed by atoms with Crippen LogP contribution in [0.1, 0.15) is 23.2 Å². The Morgan fingerprint density at radius 1 is 1.21 bits per heavy atom. The van der Waals surface area contributed by atoms with Crippen LogP contribution in [0.3, 0.4) is 0 Å². The molecule has 258 valence electrons. The molecule has 2 saturated heterocycles. The molecule has 0 saturated carbocycles. The summed E-state index contributed by atoms with van der Waals surface area (Å²) in [6.07, 6.45) is -3.38. The zero-order valence-electron chi connectivity index (χ0n) is 27.3. The van der Waals surface area contributed by atoms with E-state index in [0.29, 0.717) is 45.0 Å². The molecule has 5 rings (SSSR count). The highest BCUT2D eigenvalue weighted by atomic mass is 19.4. The van der Waals surface area contributed by atoms with E-state index in [2.05, 4.69) is 26.7 Å². The highest BCUT2D eigenvalue weighted by Gasteiger charge is 2.51. The zero-order valence-corrected chi connectivity index (χ0v) is 27.3. The number of nitrogens with one attached hydrogen (secondary N) is 1. The number of likely N-dealkylation sites (tertiary alicyclic amines) is 1. The van der Waals surface area contributed by atoms with Crippen LogP contribution in [-0.4, -0.2) is 123 Å². The Balaban J connectivity index is 1.37. The molecule has 1 spiro atoms. The number of aromatic nitrogens is 1. The van der Waals surface area contributed by atoms with Gasteiger partial charge in [0.1, 0.15) is 29.3 Å². The van der Waals surface area contributed by atoms with Crippen LogP contribution < -0.4 is 15.1 Å². The van der Waals surface area contributed by atoms with Crippen molar-refractivity contribution in [2.45, 2.75) is 31.1 Å². The summed E-state index contributed by atoms with van der Waals surface area (Å²) in [7, 11) is 3.15. The molecule has 48 heavy (non-hydrogen) atoms. The number of carbonyl (C=O) groups excluding carboxylic acids is 2. The predicted octanol–water partition coefficient (Wildman–Crippen LogP) is 3.10. The number of carbonyl (C=O) groups is 2. The molecule has 1 unspecified atom stereocenters. The number of pyridine rings is 1. The molecule has 0 radical (unpaired) electrons. The van der Waals surface area contributed by atoms with Crippen LogP contribution in [-0.2, 0) is 20.5 Å². The molecule has 1 aromatic heterocycles. The van der Waals surface area contributed by atoms with Crippen molar-refractivity contribution in [1.82, 2.24) is 19.7 Å². The van der Waals surface area contributed by atoms with Gasteiger partial charge in [0.15, 0.2) is 0 Å². The van der Waals surface area contributed by atoms with Crippen molar-refractivity contribution < 1.29 is 31.9 Å². The van der Waals surface area contributed by atoms with Gasteiger partial charge in [-0.05, 0) is 37.6 Å². The van der Waals surface area contributed by atoms with E-state index in [1.54, 1.807) is 24.1 Å². The minimum absolute atomic E-state index is 0.0352. The van der Waals surface area contributed by atoms with Crippen LogP contribution in [0.4, 0.5) is 34.8 Å². The number of likely N-dealkylation sites (N-methyl/N-ethyl adjacent to an activating group) is 1. The largest absolute Gasteiger partial charge is 0.417 e. The lowest BCUT2D eigenvalue weighted by molar-refractivity contribution is -0.149. The summed E-state index contributed by atoms with van der Waals surface area (Å²) in [5.41, 5.74) is -1.46. The van der Waals surface area contributed by atoms with E-state index in [0.717, 1.165) is 25.7 Å². The van der Waals surface area contributed by atoms with Crippen LogP contribution in [0, 0.1) is 24.1 Å². The van der Waals surface area contributed by atoms with Crippen molar-refractivity contribution in [1.29, 1.82) is 5.26 Å². The summed E-state index contributed by atoms with van der Waals surface area (Å²) < 4.78 is 62.2. The number of fused-ring (bicyclic) bond motifs is 1. The van der Waals surface area contributed by atoms with E-state index < -0.39 is 35.1 Å². The van der Waals surface area contributed by atoms with Gasteiger partial charge in [0.2, 0.25) is 11.8 Å². The SMILES string of the molecule is C=CC(=O)N1CC2(CN(CCN3CCC(Nc4nc(C)cc(C(F)(F)F)c4C#N)C(=O)N(C)c4cccc(F)c43)CCN2CCOC)C1. The molecule has 0 aliphatic carbocycles. The van der Waals surface area contributed by atoms with Crippen LogP contribution >= 0.6 is 0 Å². The number of aryl methyl sites for hydroxylation is 1. The number of piperazine rings is 1. The third-order valence-corrected chi connectivity index (χ3v) is 9.42. The summed E-state index contributed by atoms with van der Waals surface area (Å²) in [4.78, 5) is 39.7. The zero-order chi connectivity index (χ0) is 34.8. The molecule has 1 aromatic carbocycles. The van der Waals surface area contributed by atoms with Gasteiger partial charge in [0, 0.05) is 78.8 Å². The van der Waals surface area contributed by atoms with Crippen LogP contribution in [0.15, 0.2) is 36.9 Å². The van der Waals surface area contributed by atoms with Crippen molar-refractivity contribution in [3.63, 3.8) is 0 Å². The number of halogens is 4. The summed E-state index contributed by atoms with van der Waals surface area (Å²) in [5, 5.41) is 12.5. The number of benzene rings is 1. The lowest BCUT2D eigenvalue weighted by Gasteiger charge is -2.60. The molecule has 1 N–H and O–H groups in total. The van der Waals surface area contributed by atoms with Crippen molar-refractivity contribution in [3.8, 4) is 6.07 Å². The van der Waals surface area contributed by atoms with Gasteiger partial charge in [-0.25, -0.2) is 9.37 Å². The van der Waals surface area contributed by atoms with Gasteiger partial charge >= 0.3 is 6.18 Å². The van der Waals surface area contributed by atoms with Gasteiger partial charge in [0.25, 0.3) is 0 Å². The Kier molecular flexibility index (Phi) is 10.3. The third-order valence-electron chi connectivity index (χ3n) is 9.42. The fraction of sp³-hybridized carbons (Fsp3) is 0.515. The second kappa shape index (κ2) is 14.1. The van der Waals surface area contributed by atoms with Gasteiger partial charge in [-0.15, -0.1) is 0 Å². The average Bonchev–Trinajstić information content (AvgIpc) is 3.03. The molecule has 2 aromatic rings. The monoisotopic (exact) mass is 672 g/mol. The molecule has 4 heterocycles. The first-order valence-electron chi connectivity index (χ1n) is 15.8. The average molecular weight is 673 g/mol. The quantitative estimate of drug-likeness (QED) is 0.318.